The summed E-state index contributed by atoms with van der Waals surface area (Å²) in [5, 5.41) is 0. The van der Waals surface area contributed by atoms with Crippen molar-refractivity contribution in [2.75, 3.05) is 6.61 Å². The predicted molar refractivity (Wildman–Crippen MR) is 36.8 cm³/mol. The number of hydrogen-bond acceptors (Lipinski definition) is 2. The fourth-order valence-electron chi connectivity index (χ4n) is 0.203. The Labute approximate surface area is 61.4 Å². The van der Waals surface area contributed by atoms with Crippen LogP contribution in [0.4, 0.5) is 0 Å². The molecule has 0 aliphatic heterocycles. The fourth-order valence-corrected chi connectivity index (χ4v) is 0.203. The molecule has 0 bridgehead atoms. The molecule has 0 saturated carbocycles. The monoisotopic (exact) mass is 160 g/mol. The molecule has 0 N–H and O–H groups in total. The standard InChI is InChI=1S/C4H8O2.2ClH/c1-3-6-4(2)5;;/h3H2,1-2H3;2*1H. The van der Waals surface area contributed by atoms with Gasteiger partial charge >= 0.3 is 5.97 Å². The molecular weight excluding hydrogens is 151 g/mol. The fraction of sp³-hybridized carbons (Fsp3) is 0.750. The summed E-state index contributed by atoms with van der Waals surface area (Å²) in [4.78, 5) is 9.82. The quantitative estimate of drug-likeness (QED) is 0.543. The summed E-state index contributed by atoms with van der Waals surface area (Å²) in [5.41, 5.74) is 0. The lowest BCUT2D eigenvalue weighted by Gasteiger charge is -1.89. The van der Waals surface area contributed by atoms with Crippen LogP contribution in [0.3, 0.4) is 0 Å². The highest BCUT2D eigenvalue weighted by molar-refractivity contribution is 5.85. The molecule has 0 unspecified atom stereocenters. The van der Waals surface area contributed by atoms with Gasteiger partial charge in [0.2, 0.25) is 0 Å². The van der Waals surface area contributed by atoms with Crippen LogP contribution in [-0.2, 0) is 9.53 Å². The van der Waals surface area contributed by atoms with Crippen molar-refractivity contribution in [2.45, 2.75) is 13.8 Å². The van der Waals surface area contributed by atoms with Crippen molar-refractivity contribution < 1.29 is 9.53 Å². The lowest BCUT2D eigenvalue weighted by atomic mass is 10.8. The van der Waals surface area contributed by atoms with Crippen molar-refractivity contribution in [3.8, 4) is 0 Å². The molecule has 0 aliphatic carbocycles. The molecule has 0 atom stereocenters. The number of ether oxygens (including phenoxy) is 1. The first-order chi connectivity index (χ1) is 2.77. The van der Waals surface area contributed by atoms with Gasteiger partial charge in [-0.25, -0.2) is 0 Å². The van der Waals surface area contributed by atoms with Crippen LogP contribution in [0, 0.1) is 0 Å². The molecule has 0 aliphatic rings. The summed E-state index contributed by atoms with van der Waals surface area (Å²) in [7, 11) is 0. The van der Waals surface area contributed by atoms with Gasteiger partial charge in [-0.1, -0.05) is 0 Å². The molecular formula is C4H10Cl2O2. The minimum atomic E-state index is -0.211. The van der Waals surface area contributed by atoms with Gasteiger partial charge in [-0.05, 0) is 6.92 Å². The summed E-state index contributed by atoms with van der Waals surface area (Å²) in [6, 6.07) is 0. The van der Waals surface area contributed by atoms with Gasteiger partial charge in [0.25, 0.3) is 0 Å². The van der Waals surface area contributed by atoms with Crippen molar-refractivity contribution in [1.29, 1.82) is 0 Å². The van der Waals surface area contributed by atoms with Gasteiger partial charge in [-0.2, -0.15) is 0 Å². The summed E-state index contributed by atoms with van der Waals surface area (Å²) in [6.07, 6.45) is 0. The van der Waals surface area contributed by atoms with E-state index in [4.69, 9.17) is 0 Å². The first-order valence-corrected chi connectivity index (χ1v) is 1.90. The van der Waals surface area contributed by atoms with Gasteiger partial charge < -0.3 is 4.74 Å². The summed E-state index contributed by atoms with van der Waals surface area (Å²) in [6.45, 7) is 3.65. The van der Waals surface area contributed by atoms with E-state index in [0.717, 1.165) is 0 Å². The van der Waals surface area contributed by atoms with Crippen LogP contribution in [-0.4, -0.2) is 12.6 Å². The van der Waals surface area contributed by atoms with Crippen molar-refractivity contribution >= 4 is 30.8 Å². The van der Waals surface area contributed by atoms with Gasteiger partial charge in [0.1, 0.15) is 0 Å². The first-order valence-electron chi connectivity index (χ1n) is 1.90. The van der Waals surface area contributed by atoms with Crippen molar-refractivity contribution in [3.63, 3.8) is 0 Å². The van der Waals surface area contributed by atoms with Gasteiger partial charge in [0.05, 0.1) is 6.61 Å². The number of rotatable bonds is 1. The Morgan fingerprint density at radius 2 is 1.88 bits per heavy atom. The molecule has 4 heteroatoms. The zero-order chi connectivity index (χ0) is 4.99. The molecule has 0 rings (SSSR count). The van der Waals surface area contributed by atoms with E-state index in [1.165, 1.54) is 6.92 Å². The SMILES string of the molecule is CCOC(C)=O.Cl.Cl. The van der Waals surface area contributed by atoms with E-state index in [2.05, 4.69) is 4.74 Å². The zero-order valence-electron chi connectivity index (χ0n) is 4.84. The smallest absolute Gasteiger partial charge is 0.302 e. The summed E-state index contributed by atoms with van der Waals surface area (Å²) >= 11 is 0. The van der Waals surface area contributed by atoms with Crippen LogP contribution in [0.2, 0.25) is 0 Å². The first kappa shape index (κ1) is 15.7. The number of esters is 1. The zero-order valence-corrected chi connectivity index (χ0v) is 6.47. The average molecular weight is 161 g/mol. The largest absolute Gasteiger partial charge is 0.466 e. The van der Waals surface area contributed by atoms with Crippen molar-refractivity contribution in [1.82, 2.24) is 0 Å². The number of carbonyl (C=O) groups is 1. The Morgan fingerprint density at radius 1 is 1.50 bits per heavy atom. The van der Waals surface area contributed by atoms with Gasteiger partial charge in [0, 0.05) is 6.92 Å². The molecule has 0 aromatic carbocycles. The van der Waals surface area contributed by atoms with Crippen LogP contribution < -0.4 is 0 Å². The van der Waals surface area contributed by atoms with Crippen molar-refractivity contribution in [3.05, 3.63) is 0 Å². The van der Waals surface area contributed by atoms with Crippen LogP contribution >= 0.6 is 24.8 Å². The maximum atomic E-state index is 9.82. The normalized spacial score (nSPS) is 5.75. The average Bonchev–Trinajstić information content (AvgIpc) is 1.35. The third-order valence-electron chi connectivity index (χ3n) is 0.348. The van der Waals surface area contributed by atoms with Crippen LogP contribution in [0.1, 0.15) is 13.8 Å². The Kier molecular flexibility index (Phi) is 19.8. The number of hydrogen-bond donors (Lipinski definition) is 0. The van der Waals surface area contributed by atoms with E-state index in [1.807, 2.05) is 0 Å². The number of halogens is 2. The molecule has 0 aromatic rings. The van der Waals surface area contributed by atoms with Gasteiger partial charge in [-0.15, -0.1) is 24.8 Å². The van der Waals surface area contributed by atoms with Gasteiger partial charge in [0.15, 0.2) is 0 Å². The molecule has 2 nitrogen and oxygen atoms in total. The Hall–Kier alpha value is 0.0500. The molecule has 0 spiro atoms. The Bertz CT molecular complexity index is 56.0. The van der Waals surface area contributed by atoms with E-state index in [9.17, 15) is 4.79 Å². The second-order valence-corrected chi connectivity index (χ2v) is 0.925. The third-order valence-corrected chi connectivity index (χ3v) is 0.348. The highest BCUT2D eigenvalue weighted by Gasteiger charge is 1.81. The van der Waals surface area contributed by atoms with E-state index in [-0.39, 0.29) is 30.8 Å². The van der Waals surface area contributed by atoms with Crippen molar-refractivity contribution in [2.24, 2.45) is 0 Å². The molecule has 0 saturated heterocycles. The summed E-state index contributed by atoms with van der Waals surface area (Å²) in [5.74, 6) is -0.211. The van der Waals surface area contributed by atoms with Crippen LogP contribution in [0.15, 0.2) is 0 Å². The minimum absolute atomic E-state index is 0. The van der Waals surface area contributed by atoms with E-state index >= 15 is 0 Å². The third kappa shape index (κ3) is 16.6. The molecule has 52 valence electrons. The minimum Gasteiger partial charge on any atom is -0.466 e. The van der Waals surface area contributed by atoms with E-state index < -0.39 is 0 Å². The molecule has 0 radical (unpaired) electrons. The topological polar surface area (TPSA) is 26.3 Å². The molecule has 0 heterocycles. The highest BCUT2D eigenvalue weighted by Crippen LogP contribution is 1.69. The second-order valence-electron chi connectivity index (χ2n) is 0.925. The Morgan fingerprint density at radius 3 is 1.88 bits per heavy atom. The van der Waals surface area contributed by atoms with Crippen LogP contribution in [0.5, 0.6) is 0 Å². The molecule has 0 fully saturated rings. The lowest BCUT2D eigenvalue weighted by molar-refractivity contribution is -0.140. The van der Waals surface area contributed by atoms with E-state index in [0.29, 0.717) is 6.61 Å². The van der Waals surface area contributed by atoms with Gasteiger partial charge in [-0.3, -0.25) is 4.79 Å². The number of carbonyl (C=O) groups excluding carboxylic acids is 1. The van der Waals surface area contributed by atoms with Crippen LogP contribution in [0.25, 0.3) is 0 Å². The second kappa shape index (κ2) is 10.1. The predicted octanol–water partition coefficient (Wildman–Crippen LogP) is 1.41. The van der Waals surface area contributed by atoms with E-state index in [1.54, 1.807) is 6.92 Å². The highest BCUT2D eigenvalue weighted by atomic mass is 35.5. The summed E-state index contributed by atoms with van der Waals surface area (Å²) < 4.78 is 4.40. The molecule has 8 heavy (non-hydrogen) atoms. The molecule has 0 amide bonds. The molecule has 0 aromatic heterocycles. The Balaban J connectivity index is -0.000000125. The maximum Gasteiger partial charge on any atom is 0.302 e. The lowest BCUT2D eigenvalue weighted by Crippen LogP contribution is -1.95. The maximum absolute atomic E-state index is 9.82.